The van der Waals surface area contributed by atoms with Gasteiger partial charge in [0.2, 0.25) is 15.9 Å². The van der Waals surface area contributed by atoms with Gasteiger partial charge in [0.15, 0.2) is 11.5 Å². The molecule has 0 radical (unpaired) electrons. The number of carbonyl (C=O) groups is 1. The summed E-state index contributed by atoms with van der Waals surface area (Å²) in [6, 6.07) is 17.5. The summed E-state index contributed by atoms with van der Waals surface area (Å²) in [5, 5.41) is 3.74. The number of amides is 1. The zero-order valence-corrected chi connectivity index (χ0v) is 21.8. The fourth-order valence-corrected chi connectivity index (χ4v) is 5.20. The van der Waals surface area contributed by atoms with Crippen LogP contribution in [0.5, 0.6) is 11.5 Å². The van der Waals surface area contributed by atoms with Gasteiger partial charge >= 0.3 is 0 Å². The van der Waals surface area contributed by atoms with Crippen molar-refractivity contribution in [3.05, 3.63) is 87.9 Å². The lowest BCUT2D eigenvalue weighted by Crippen LogP contribution is -2.41. The minimum absolute atomic E-state index is 0.0321. The molecule has 0 aromatic heterocycles. The van der Waals surface area contributed by atoms with Crippen LogP contribution in [-0.2, 0) is 21.4 Å². The summed E-state index contributed by atoms with van der Waals surface area (Å²) in [6.07, 6.45) is 0. The molecule has 0 aliphatic rings. The number of benzene rings is 3. The van der Waals surface area contributed by atoms with Crippen LogP contribution >= 0.6 is 23.2 Å². The van der Waals surface area contributed by atoms with Gasteiger partial charge in [0.25, 0.3) is 0 Å². The smallest absolute Gasteiger partial charge is 0.243 e. The number of halogens is 2. The molecule has 3 rings (SSSR count). The van der Waals surface area contributed by atoms with Gasteiger partial charge in [-0.2, -0.15) is 4.31 Å². The van der Waals surface area contributed by atoms with Crippen LogP contribution in [0, 0.1) is 0 Å². The van der Waals surface area contributed by atoms with E-state index >= 15 is 0 Å². The second-order valence-electron chi connectivity index (χ2n) is 7.76. The molecule has 0 heterocycles. The first-order chi connectivity index (χ1) is 16.6. The van der Waals surface area contributed by atoms with Crippen molar-refractivity contribution in [3.63, 3.8) is 0 Å². The van der Waals surface area contributed by atoms with Gasteiger partial charge in [-0.15, -0.1) is 0 Å². The van der Waals surface area contributed by atoms with Crippen LogP contribution < -0.4 is 14.8 Å². The lowest BCUT2D eigenvalue weighted by Gasteiger charge is -2.23. The lowest BCUT2D eigenvalue weighted by atomic mass is 10.1. The van der Waals surface area contributed by atoms with Crippen molar-refractivity contribution in [1.29, 1.82) is 0 Å². The molecule has 0 aliphatic heterocycles. The van der Waals surface area contributed by atoms with Crippen molar-refractivity contribution in [3.8, 4) is 11.5 Å². The monoisotopic (exact) mass is 536 g/mol. The standard InChI is InChI=1S/C25H26Cl2N2O5S/c1-17(19-7-12-23(33-2)24(14-19)34-3)28-25(30)16-29(15-18-5-4-6-21(27)13-18)35(31,32)22-10-8-20(26)9-11-22/h4-14,17H,15-16H2,1-3H3,(H,28,30)/t17-/m1/s1. The Bertz CT molecular complexity index is 1280. The second kappa shape index (κ2) is 11.8. The van der Waals surface area contributed by atoms with Gasteiger partial charge in [-0.1, -0.05) is 41.4 Å². The number of sulfonamides is 1. The van der Waals surface area contributed by atoms with Gasteiger partial charge in [-0.3, -0.25) is 4.79 Å². The quantitative estimate of drug-likeness (QED) is 0.390. The summed E-state index contributed by atoms with van der Waals surface area (Å²) in [5.74, 6) is 0.627. The third kappa shape index (κ3) is 6.89. The van der Waals surface area contributed by atoms with Crippen LogP contribution in [0.1, 0.15) is 24.1 Å². The first kappa shape index (κ1) is 26.8. The number of ether oxygens (including phenoxy) is 2. The van der Waals surface area contributed by atoms with E-state index in [1.807, 2.05) is 0 Å². The first-order valence-electron chi connectivity index (χ1n) is 10.7. The van der Waals surface area contributed by atoms with Crippen LogP contribution in [-0.4, -0.2) is 39.4 Å². The molecule has 3 aromatic carbocycles. The van der Waals surface area contributed by atoms with Crippen molar-refractivity contribution in [2.24, 2.45) is 0 Å². The van der Waals surface area contributed by atoms with Crippen molar-refractivity contribution >= 4 is 39.1 Å². The predicted octanol–water partition coefficient (Wildman–Crippen LogP) is 5.08. The molecule has 7 nitrogen and oxygen atoms in total. The third-order valence-corrected chi connectivity index (χ3v) is 7.60. The Morgan fingerprint density at radius 3 is 2.26 bits per heavy atom. The molecule has 1 amide bonds. The molecule has 0 saturated carbocycles. The van der Waals surface area contributed by atoms with Crippen LogP contribution in [0.3, 0.4) is 0 Å². The number of rotatable bonds is 10. The highest BCUT2D eigenvalue weighted by atomic mass is 35.5. The first-order valence-corrected chi connectivity index (χ1v) is 12.8. The number of carbonyl (C=O) groups excluding carboxylic acids is 1. The zero-order chi connectivity index (χ0) is 25.6. The minimum atomic E-state index is -4.01. The Labute approximate surface area is 215 Å². The van der Waals surface area contributed by atoms with E-state index < -0.39 is 28.5 Å². The summed E-state index contributed by atoms with van der Waals surface area (Å²) < 4.78 is 38.5. The lowest BCUT2D eigenvalue weighted by molar-refractivity contribution is -0.122. The third-order valence-electron chi connectivity index (χ3n) is 5.30. The van der Waals surface area contributed by atoms with E-state index in [-0.39, 0.29) is 11.4 Å². The summed E-state index contributed by atoms with van der Waals surface area (Å²) in [7, 11) is -0.942. The molecule has 10 heteroatoms. The Morgan fingerprint density at radius 1 is 0.943 bits per heavy atom. The highest BCUT2D eigenvalue weighted by Crippen LogP contribution is 2.30. The molecule has 3 aromatic rings. The normalized spacial score (nSPS) is 12.3. The Balaban J connectivity index is 1.83. The average Bonchev–Trinajstić information content (AvgIpc) is 2.83. The van der Waals surface area contributed by atoms with E-state index in [0.717, 1.165) is 9.87 Å². The number of hydrogen-bond donors (Lipinski definition) is 1. The average molecular weight is 537 g/mol. The molecule has 35 heavy (non-hydrogen) atoms. The highest BCUT2D eigenvalue weighted by molar-refractivity contribution is 7.89. The van der Waals surface area contributed by atoms with Crippen molar-refractivity contribution in [2.75, 3.05) is 20.8 Å². The number of nitrogens with one attached hydrogen (secondary N) is 1. The van der Waals surface area contributed by atoms with Crippen LogP contribution in [0.2, 0.25) is 10.0 Å². The maximum absolute atomic E-state index is 13.4. The predicted molar refractivity (Wildman–Crippen MR) is 137 cm³/mol. The van der Waals surface area contributed by atoms with Gasteiger partial charge in [0.1, 0.15) is 0 Å². The van der Waals surface area contributed by atoms with Crippen molar-refractivity contribution < 1.29 is 22.7 Å². The maximum Gasteiger partial charge on any atom is 0.243 e. The van der Waals surface area contributed by atoms with E-state index in [1.165, 1.54) is 31.4 Å². The van der Waals surface area contributed by atoms with Gasteiger partial charge in [0, 0.05) is 16.6 Å². The molecule has 0 saturated heterocycles. The number of hydrogen-bond acceptors (Lipinski definition) is 5. The van der Waals surface area contributed by atoms with Gasteiger partial charge in [-0.25, -0.2) is 8.42 Å². The van der Waals surface area contributed by atoms with Crippen LogP contribution in [0.25, 0.3) is 0 Å². The molecule has 0 spiro atoms. The van der Waals surface area contributed by atoms with Gasteiger partial charge in [-0.05, 0) is 66.6 Å². The Kier molecular flexibility index (Phi) is 9.02. The highest BCUT2D eigenvalue weighted by Gasteiger charge is 2.27. The summed E-state index contributed by atoms with van der Waals surface area (Å²) in [6.45, 7) is 1.37. The topological polar surface area (TPSA) is 84.9 Å². The molecule has 1 N–H and O–H groups in total. The molecule has 186 valence electrons. The summed E-state index contributed by atoms with van der Waals surface area (Å²) in [5.41, 5.74) is 1.42. The molecule has 1 atom stereocenters. The van der Waals surface area contributed by atoms with Crippen LogP contribution in [0.4, 0.5) is 0 Å². The van der Waals surface area contributed by atoms with E-state index in [4.69, 9.17) is 32.7 Å². The van der Waals surface area contributed by atoms with E-state index in [0.29, 0.717) is 27.1 Å². The molecule has 0 bridgehead atoms. The van der Waals surface area contributed by atoms with E-state index in [2.05, 4.69) is 5.32 Å². The van der Waals surface area contributed by atoms with Crippen molar-refractivity contribution in [1.82, 2.24) is 9.62 Å². The maximum atomic E-state index is 13.4. The molecule has 0 unspecified atom stereocenters. The Morgan fingerprint density at radius 2 is 1.63 bits per heavy atom. The number of methoxy groups -OCH3 is 2. The second-order valence-corrected chi connectivity index (χ2v) is 10.6. The fraction of sp³-hybridized carbons (Fsp3) is 0.240. The molecule has 0 fully saturated rings. The van der Waals surface area contributed by atoms with Crippen molar-refractivity contribution in [2.45, 2.75) is 24.4 Å². The van der Waals surface area contributed by atoms with E-state index in [1.54, 1.807) is 56.5 Å². The molecular weight excluding hydrogens is 511 g/mol. The Hall–Kier alpha value is -2.78. The number of nitrogens with zero attached hydrogens (tertiary/aromatic N) is 1. The largest absolute Gasteiger partial charge is 0.493 e. The summed E-state index contributed by atoms with van der Waals surface area (Å²) in [4.78, 5) is 13.0. The van der Waals surface area contributed by atoms with Crippen LogP contribution in [0.15, 0.2) is 71.6 Å². The summed E-state index contributed by atoms with van der Waals surface area (Å²) >= 11 is 12.0. The SMILES string of the molecule is COc1ccc([C@@H](C)NC(=O)CN(Cc2cccc(Cl)c2)S(=O)(=O)c2ccc(Cl)cc2)cc1OC. The fourth-order valence-electron chi connectivity index (χ4n) is 3.47. The minimum Gasteiger partial charge on any atom is -0.493 e. The van der Waals surface area contributed by atoms with E-state index in [9.17, 15) is 13.2 Å². The molecular formula is C25H26Cl2N2O5S. The van der Waals surface area contributed by atoms with Gasteiger partial charge in [0.05, 0.1) is 31.7 Å². The van der Waals surface area contributed by atoms with Gasteiger partial charge < -0.3 is 14.8 Å². The zero-order valence-electron chi connectivity index (χ0n) is 19.5. The molecule has 0 aliphatic carbocycles.